The van der Waals surface area contributed by atoms with Gasteiger partial charge in [-0.15, -0.1) is 11.8 Å². The number of hydrogen-bond donors (Lipinski definition) is 1. The number of anilines is 1. The molecule has 0 spiro atoms. The molecule has 1 aliphatic rings. The number of thioether (sulfide) groups is 1. The number of carbonyl (C=O) groups is 2. The molecule has 0 bridgehead atoms. The monoisotopic (exact) mass is 370 g/mol. The third kappa shape index (κ3) is 4.38. The molecule has 1 atom stereocenters. The summed E-state index contributed by atoms with van der Waals surface area (Å²) in [5, 5.41) is 2.94. The zero-order valence-electron chi connectivity index (χ0n) is 14.9. The van der Waals surface area contributed by atoms with Crippen LogP contribution in [0.3, 0.4) is 0 Å². The summed E-state index contributed by atoms with van der Waals surface area (Å²) in [4.78, 5) is 26.6. The lowest BCUT2D eigenvalue weighted by Crippen LogP contribution is -2.44. The molecule has 3 rings (SSSR count). The number of carbonyl (C=O) groups excluding carboxylic acids is 2. The van der Waals surface area contributed by atoms with Gasteiger partial charge in [0.2, 0.25) is 5.91 Å². The quantitative estimate of drug-likeness (QED) is 0.885. The van der Waals surface area contributed by atoms with E-state index in [0.717, 1.165) is 22.4 Å². The predicted octanol–water partition coefficient (Wildman–Crippen LogP) is 3.95. The summed E-state index contributed by atoms with van der Waals surface area (Å²) in [7, 11) is 0. The molecule has 6 heteroatoms. The van der Waals surface area contributed by atoms with Gasteiger partial charge in [-0.25, -0.2) is 4.79 Å². The van der Waals surface area contributed by atoms with Crippen LogP contribution in [-0.4, -0.2) is 34.6 Å². The van der Waals surface area contributed by atoms with Crippen molar-refractivity contribution >= 4 is 29.4 Å². The largest absolute Gasteiger partial charge is 0.445 e. The van der Waals surface area contributed by atoms with E-state index in [2.05, 4.69) is 5.32 Å². The van der Waals surface area contributed by atoms with E-state index in [0.29, 0.717) is 11.6 Å². The van der Waals surface area contributed by atoms with Crippen LogP contribution in [-0.2, 0) is 16.1 Å². The molecule has 0 unspecified atom stereocenters. The first kappa shape index (κ1) is 18.3. The minimum atomic E-state index is -0.524. The van der Waals surface area contributed by atoms with Gasteiger partial charge in [-0.1, -0.05) is 48.0 Å². The van der Waals surface area contributed by atoms with Crippen LogP contribution < -0.4 is 5.32 Å². The van der Waals surface area contributed by atoms with Crippen LogP contribution >= 0.6 is 11.8 Å². The number of benzene rings is 2. The minimum absolute atomic E-state index is 0.182. The average molecular weight is 370 g/mol. The van der Waals surface area contributed by atoms with Gasteiger partial charge >= 0.3 is 6.09 Å². The summed E-state index contributed by atoms with van der Waals surface area (Å²) in [6.45, 7) is 4.17. The van der Waals surface area contributed by atoms with Crippen molar-refractivity contribution in [3.63, 3.8) is 0 Å². The van der Waals surface area contributed by atoms with Gasteiger partial charge in [0.1, 0.15) is 12.6 Å². The number of nitrogens with one attached hydrogen (secondary N) is 1. The van der Waals surface area contributed by atoms with Crippen molar-refractivity contribution in [2.75, 3.05) is 16.9 Å². The van der Waals surface area contributed by atoms with Crippen LogP contribution in [0.4, 0.5) is 10.5 Å². The van der Waals surface area contributed by atoms with Gasteiger partial charge in [0.05, 0.1) is 5.88 Å². The molecular formula is C20H22N2O3S. The molecule has 2 amide bonds. The lowest BCUT2D eigenvalue weighted by Gasteiger charge is -2.23. The van der Waals surface area contributed by atoms with Crippen molar-refractivity contribution in [3.8, 4) is 0 Å². The highest BCUT2D eigenvalue weighted by Crippen LogP contribution is 2.24. The number of ether oxygens (including phenoxy) is 1. The first-order valence-electron chi connectivity index (χ1n) is 8.48. The van der Waals surface area contributed by atoms with Gasteiger partial charge in [-0.3, -0.25) is 9.69 Å². The molecule has 1 saturated heterocycles. The molecular weight excluding hydrogens is 348 g/mol. The fourth-order valence-corrected chi connectivity index (χ4v) is 3.95. The second-order valence-electron chi connectivity index (χ2n) is 6.33. The van der Waals surface area contributed by atoms with Crippen LogP contribution in [0.2, 0.25) is 0 Å². The number of amides is 2. The zero-order chi connectivity index (χ0) is 18.5. The molecule has 2 aromatic carbocycles. The number of aryl methyl sites for hydroxylation is 2. The second-order valence-corrected chi connectivity index (χ2v) is 7.33. The van der Waals surface area contributed by atoms with E-state index in [-0.39, 0.29) is 12.5 Å². The van der Waals surface area contributed by atoms with Gasteiger partial charge in [0.25, 0.3) is 0 Å². The lowest BCUT2D eigenvalue weighted by atomic mass is 10.1. The Morgan fingerprint density at radius 1 is 1.19 bits per heavy atom. The summed E-state index contributed by atoms with van der Waals surface area (Å²) < 4.78 is 5.38. The highest BCUT2D eigenvalue weighted by molar-refractivity contribution is 7.99. The van der Waals surface area contributed by atoms with Crippen molar-refractivity contribution in [2.45, 2.75) is 26.5 Å². The molecule has 0 radical (unpaired) electrons. The van der Waals surface area contributed by atoms with E-state index < -0.39 is 12.1 Å². The van der Waals surface area contributed by atoms with E-state index in [1.807, 2.05) is 62.4 Å². The Balaban J connectivity index is 1.61. The van der Waals surface area contributed by atoms with Crippen LogP contribution in [0.5, 0.6) is 0 Å². The van der Waals surface area contributed by atoms with Crippen LogP contribution in [0.25, 0.3) is 0 Å². The average Bonchev–Trinajstić information content (AvgIpc) is 3.13. The summed E-state index contributed by atoms with van der Waals surface area (Å²) >= 11 is 1.55. The molecule has 1 heterocycles. The van der Waals surface area contributed by atoms with Crippen molar-refractivity contribution in [3.05, 3.63) is 65.2 Å². The predicted molar refractivity (Wildman–Crippen MR) is 104 cm³/mol. The molecule has 2 aromatic rings. The highest BCUT2D eigenvalue weighted by Gasteiger charge is 2.35. The summed E-state index contributed by atoms with van der Waals surface area (Å²) in [6, 6.07) is 14.8. The van der Waals surface area contributed by atoms with Gasteiger partial charge in [0.15, 0.2) is 0 Å². The minimum Gasteiger partial charge on any atom is -0.445 e. The Morgan fingerprint density at radius 2 is 1.96 bits per heavy atom. The van der Waals surface area contributed by atoms with Crippen LogP contribution in [0.1, 0.15) is 16.7 Å². The fraction of sp³-hybridized carbons (Fsp3) is 0.300. The molecule has 0 aliphatic carbocycles. The number of hydrogen-bond acceptors (Lipinski definition) is 4. The first-order valence-corrected chi connectivity index (χ1v) is 9.63. The fourth-order valence-electron chi connectivity index (χ4n) is 2.81. The lowest BCUT2D eigenvalue weighted by molar-refractivity contribution is -0.119. The Bertz CT molecular complexity index is 795. The Kier molecular flexibility index (Phi) is 5.83. The Morgan fingerprint density at radius 3 is 2.69 bits per heavy atom. The number of rotatable bonds is 4. The van der Waals surface area contributed by atoms with Crippen molar-refractivity contribution in [2.24, 2.45) is 0 Å². The SMILES string of the molecule is Cc1ccc(NC(=O)[C@H]2CSCN2C(=O)OCc2ccccc2)c(C)c1. The molecule has 5 nitrogen and oxygen atoms in total. The first-order chi connectivity index (χ1) is 12.5. The van der Waals surface area contributed by atoms with Crippen LogP contribution in [0, 0.1) is 13.8 Å². The molecule has 1 fully saturated rings. The van der Waals surface area contributed by atoms with Crippen LogP contribution in [0.15, 0.2) is 48.5 Å². The van der Waals surface area contributed by atoms with E-state index in [1.54, 1.807) is 11.8 Å². The normalized spacial score (nSPS) is 16.4. The topological polar surface area (TPSA) is 58.6 Å². The number of nitrogens with zero attached hydrogens (tertiary/aromatic N) is 1. The van der Waals surface area contributed by atoms with E-state index >= 15 is 0 Å². The molecule has 136 valence electrons. The highest BCUT2D eigenvalue weighted by atomic mass is 32.2. The van der Waals surface area contributed by atoms with E-state index in [1.165, 1.54) is 4.90 Å². The molecule has 1 aliphatic heterocycles. The maximum absolute atomic E-state index is 12.7. The summed E-state index contributed by atoms with van der Waals surface area (Å²) in [5.74, 6) is 0.842. The van der Waals surface area contributed by atoms with Crippen molar-refractivity contribution < 1.29 is 14.3 Å². The Hall–Kier alpha value is -2.47. The second kappa shape index (κ2) is 8.27. The van der Waals surface area contributed by atoms with Crippen molar-refractivity contribution in [1.82, 2.24) is 4.90 Å². The smallest absolute Gasteiger partial charge is 0.411 e. The maximum Gasteiger partial charge on any atom is 0.411 e. The molecule has 26 heavy (non-hydrogen) atoms. The van der Waals surface area contributed by atoms with E-state index in [9.17, 15) is 9.59 Å². The molecule has 0 aromatic heterocycles. The third-order valence-electron chi connectivity index (χ3n) is 4.26. The van der Waals surface area contributed by atoms with Gasteiger partial charge in [-0.05, 0) is 31.0 Å². The molecule has 0 saturated carbocycles. The summed E-state index contributed by atoms with van der Waals surface area (Å²) in [5.41, 5.74) is 3.84. The zero-order valence-corrected chi connectivity index (χ0v) is 15.7. The summed E-state index contributed by atoms with van der Waals surface area (Å²) in [6.07, 6.45) is -0.459. The Labute approximate surface area is 157 Å². The van der Waals surface area contributed by atoms with Gasteiger partial charge in [-0.2, -0.15) is 0 Å². The van der Waals surface area contributed by atoms with Crippen molar-refractivity contribution in [1.29, 1.82) is 0 Å². The third-order valence-corrected chi connectivity index (χ3v) is 5.28. The standard InChI is InChI=1S/C20H22N2O3S/c1-14-8-9-17(15(2)10-14)21-19(23)18-12-26-13-22(18)20(24)25-11-16-6-4-3-5-7-16/h3-10,18H,11-13H2,1-2H3,(H,21,23)/t18-/m1/s1. The molecule has 1 N–H and O–H groups in total. The van der Waals surface area contributed by atoms with E-state index in [4.69, 9.17) is 4.74 Å². The van der Waals surface area contributed by atoms with Gasteiger partial charge in [0, 0.05) is 11.4 Å². The van der Waals surface area contributed by atoms with Gasteiger partial charge < -0.3 is 10.1 Å². The maximum atomic E-state index is 12.7.